The Morgan fingerprint density at radius 2 is 2.50 bits per heavy atom. The molecule has 0 bridgehead atoms. The molecule has 0 radical (unpaired) electrons. The van der Waals surface area contributed by atoms with Gasteiger partial charge < -0.3 is 0 Å². The van der Waals surface area contributed by atoms with Crippen LogP contribution in [0.5, 0.6) is 0 Å². The Labute approximate surface area is 43.4 Å². The average molecular weight is 145 g/mol. The molecular weight excluding hydrogens is 143 g/mol. The van der Waals surface area contributed by atoms with Crippen LogP contribution in [0.3, 0.4) is 0 Å². The van der Waals surface area contributed by atoms with Crippen LogP contribution >= 0.6 is 0 Å². The molecule has 0 saturated heterocycles. The van der Waals surface area contributed by atoms with E-state index in [9.17, 15) is 0 Å². The summed E-state index contributed by atoms with van der Waals surface area (Å²) in [6.45, 7) is 0. The monoisotopic (exact) mass is 146 g/mol. The Morgan fingerprint density at radius 3 is 2.67 bits per heavy atom. The molecule has 0 amide bonds. The molecule has 0 aliphatic carbocycles. The summed E-state index contributed by atoms with van der Waals surface area (Å²) >= 11 is 2.71. The van der Waals surface area contributed by atoms with Crippen molar-refractivity contribution in [3.63, 3.8) is 0 Å². The molecule has 0 saturated carbocycles. The molecule has 0 aromatic rings. The zero-order valence-corrected chi connectivity index (χ0v) is 4.67. The van der Waals surface area contributed by atoms with Crippen LogP contribution in [0.25, 0.3) is 0 Å². The Balaban J connectivity index is 2.86. The SMILES string of the molecule is [Se]=C1C=NC=N1. The molecule has 1 aliphatic heterocycles. The van der Waals surface area contributed by atoms with Gasteiger partial charge >= 0.3 is 42.7 Å². The van der Waals surface area contributed by atoms with Crippen LogP contribution in [-0.4, -0.2) is 32.7 Å². The van der Waals surface area contributed by atoms with E-state index < -0.39 is 0 Å². The molecular formula is C3H2N2Se. The second kappa shape index (κ2) is 1.45. The van der Waals surface area contributed by atoms with Crippen molar-refractivity contribution in [1.29, 1.82) is 0 Å². The van der Waals surface area contributed by atoms with Crippen molar-refractivity contribution in [1.82, 2.24) is 0 Å². The standard InChI is InChI=1S/C3H2N2Se/c6-3-1-4-2-5-3/h1-2H. The number of rotatable bonds is 0. The average Bonchev–Trinajstić information content (AvgIpc) is 1.86. The molecule has 0 aromatic heterocycles. The van der Waals surface area contributed by atoms with Crippen molar-refractivity contribution in [2.45, 2.75) is 0 Å². The van der Waals surface area contributed by atoms with E-state index in [1.807, 2.05) is 0 Å². The molecule has 0 spiro atoms. The quantitative estimate of drug-likeness (QED) is 0.406. The summed E-state index contributed by atoms with van der Waals surface area (Å²) in [4.78, 5) is 7.43. The molecule has 0 atom stereocenters. The van der Waals surface area contributed by atoms with E-state index in [1.165, 1.54) is 6.34 Å². The van der Waals surface area contributed by atoms with Gasteiger partial charge in [-0.1, -0.05) is 0 Å². The predicted octanol–water partition coefficient (Wildman–Crippen LogP) is -0.603. The molecule has 0 N–H and O–H groups in total. The first-order valence-electron chi connectivity index (χ1n) is 1.49. The predicted molar refractivity (Wildman–Crippen MR) is 27.7 cm³/mol. The second-order valence-corrected chi connectivity index (χ2v) is 1.74. The van der Waals surface area contributed by atoms with Crippen LogP contribution in [0.15, 0.2) is 9.98 Å². The van der Waals surface area contributed by atoms with Gasteiger partial charge in [-0.25, -0.2) is 0 Å². The molecule has 1 aliphatic rings. The summed E-state index contributed by atoms with van der Waals surface area (Å²) in [6, 6.07) is 0. The van der Waals surface area contributed by atoms with E-state index in [-0.39, 0.29) is 0 Å². The van der Waals surface area contributed by atoms with E-state index in [4.69, 9.17) is 0 Å². The third kappa shape index (κ3) is 0.614. The van der Waals surface area contributed by atoms with Gasteiger partial charge in [0, 0.05) is 0 Å². The van der Waals surface area contributed by atoms with Crippen LogP contribution < -0.4 is 0 Å². The molecule has 0 fully saturated rings. The maximum absolute atomic E-state index is 3.75. The van der Waals surface area contributed by atoms with Gasteiger partial charge in [-0.15, -0.1) is 0 Å². The minimum absolute atomic E-state index is 0.856. The molecule has 0 aromatic carbocycles. The fourth-order valence-electron chi connectivity index (χ4n) is 0.221. The summed E-state index contributed by atoms with van der Waals surface area (Å²) < 4.78 is 0.856. The second-order valence-electron chi connectivity index (χ2n) is 0.861. The van der Waals surface area contributed by atoms with Gasteiger partial charge in [0.2, 0.25) is 0 Å². The Hall–Kier alpha value is -0.271. The van der Waals surface area contributed by atoms with Gasteiger partial charge in [0.1, 0.15) is 0 Å². The molecule has 0 unspecified atom stereocenters. The topological polar surface area (TPSA) is 24.7 Å². The van der Waals surface area contributed by atoms with Crippen LogP contribution in [0.1, 0.15) is 0 Å². The first-order valence-corrected chi connectivity index (χ1v) is 2.35. The minimum atomic E-state index is 0.856. The van der Waals surface area contributed by atoms with Gasteiger partial charge in [0.05, 0.1) is 0 Å². The van der Waals surface area contributed by atoms with Crippen LogP contribution in [-0.2, 0) is 0 Å². The molecule has 1 heterocycles. The number of hydrogen-bond donors (Lipinski definition) is 0. The van der Waals surface area contributed by atoms with Crippen molar-refractivity contribution in [2.75, 3.05) is 0 Å². The van der Waals surface area contributed by atoms with E-state index in [1.54, 1.807) is 6.21 Å². The fraction of sp³-hybridized carbons (Fsp3) is 0. The Morgan fingerprint density at radius 1 is 1.67 bits per heavy atom. The molecule has 3 heteroatoms. The first kappa shape index (κ1) is 3.90. The number of hydrogen-bond acceptors (Lipinski definition) is 2. The summed E-state index contributed by atoms with van der Waals surface area (Å²) in [5.41, 5.74) is 0. The van der Waals surface area contributed by atoms with E-state index in [2.05, 4.69) is 25.6 Å². The third-order valence-electron chi connectivity index (χ3n) is 0.437. The number of nitrogens with zero attached hydrogens (tertiary/aromatic N) is 2. The normalized spacial score (nSPS) is 17.0. The summed E-state index contributed by atoms with van der Waals surface area (Å²) in [5, 5.41) is 0. The molecule has 30 valence electrons. The Kier molecular flexibility index (Phi) is 0.945. The van der Waals surface area contributed by atoms with Crippen molar-refractivity contribution in [3.05, 3.63) is 0 Å². The number of aliphatic imine (C=N–C) groups is 2. The van der Waals surface area contributed by atoms with Crippen molar-refractivity contribution < 1.29 is 0 Å². The molecule has 1 rings (SSSR count). The van der Waals surface area contributed by atoms with Gasteiger partial charge in [-0.3, -0.25) is 0 Å². The van der Waals surface area contributed by atoms with Crippen molar-refractivity contribution in [3.8, 4) is 0 Å². The summed E-state index contributed by atoms with van der Waals surface area (Å²) in [7, 11) is 0. The van der Waals surface area contributed by atoms with Gasteiger partial charge in [-0.05, 0) is 0 Å². The first-order chi connectivity index (χ1) is 2.89. The van der Waals surface area contributed by atoms with Crippen LogP contribution in [0.4, 0.5) is 0 Å². The van der Waals surface area contributed by atoms with Gasteiger partial charge in [0.15, 0.2) is 0 Å². The maximum atomic E-state index is 3.75. The summed E-state index contributed by atoms with van der Waals surface area (Å²) in [5.74, 6) is 0. The fourth-order valence-corrected chi connectivity index (χ4v) is 0.447. The van der Waals surface area contributed by atoms with E-state index in [0.29, 0.717) is 0 Å². The van der Waals surface area contributed by atoms with E-state index in [0.717, 1.165) is 4.54 Å². The van der Waals surface area contributed by atoms with Crippen LogP contribution in [0.2, 0.25) is 0 Å². The van der Waals surface area contributed by atoms with Crippen molar-refractivity contribution >= 4 is 32.7 Å². The third-order valence-corrected chi connectivity index (χ3v) is 0.879. The zero-order chi connectivity index (χ0) is 4.41. The molecule has 2 nitrogen and oxygen atoms in total. The zero-order valence-electron chi connectivity index (χ0n) is 2.96. The summed E-state index contributed by atoms with van der Waals surface area (Å²) in [6.07, 6.45) is 3.17. The Bertz CT molecular complexity index is 111. The van der Waals surface area contributed by atoms with Gasteiger partial charge in [0.25, 0.3) is 0 Å². The van der Waals surface area contributed by atoms with Crippen molar-refractivity contribution in [2.24, 2.45) is 9.98 Å². The van der Waals surface area contributed by atoms with Gasteiger partial charge in [-0.2, -0.15) is 0 Å². The van der Waals surface area contributed by atoms with Crippen LogP contribution in [0, 0.1) is 0 Å². The molecule has 6 heavy (non-hydrogen) atoms. The van der Waals surface area contributed by atoms with E-state index >= 15 is 0 Å².